The topological polar surface area (TPSA) is 72.2 Å². The van der Waals surface area contributed by atoms with Gasteiger partial charge >= 0.3 is 35.5 Å². The summed E-state index contributed by atoms with van der Waals surface area (Å²) in [4.78, 5) is 26.8. The van der Waals surface area contributed by atoms with Gasteiger partial charge in [-0.3, -0.25) is 9.36 Å². The van der Waals surface area contributed by atoms with E-state index < -0.39 is 5.97 Å². The monoisotopic (exact) mass is 282 g/mol. The Hall–Kier alpha value is -1.43. The fraction of sp³-hybridized carbons (Fsp3) is 0.214. The first-order valence-corrected chi connectivity index (χ1v) is 5.91. The summed E-state index contributed by atoms with van der Waals surface area (Å²) in [5.74, 6) is -0.796. The summed E-state index contributed by atoms with van der Waals surface area (Å²) < 4.78 is 1.17. The van der Waals surface area contributed by atoms with Crippen molar-refractivity contribution in [1.29, 1.82) is 0 Å². The average molecular weight is 282 g/mol. The van der Waals surface area contributed by atoms with Crippen LogP contribution in [0.4, 0.5) is 0 Å². The van der Waals surface area contributed by atoms with Crippen LogP contribution < -0.4 is 35.1 Å². The number of carboxylic acids is 1. The summed E-state index contributed by atoms with van der Waals surface area (Å²) in [7, 11) is 0. The molecule has 1 N–H and O–H groups in total. The zero-order valence-electron chi connectivity index (χ0n) is 12.7. The number of hydrogen-bond acceptors (Lipinski definition) is 3. The molecule has 5 nitrogen and oxygen atoms in total. The second-order valence-electron chi connectivity index (χ2n) is 4.54. The number of aliphatic carboxylic acids is 1. The summed E-state index contributed by atoms with van der Waals surface area (Å²) in [6.07, 6.45) is 3.42. The van der Waals surface area contributed by atoms with Gasteiger partial charge in [-0.25, -0.2) is 9.78 Å². The third kappa shape index (κ3) is 3.56. The number of rotatable bonds is 3. The number of benzene rings is 1. The Morgan fingerprint density at radius 2 is 2.15 bits per heavy atom. The maximum absolute atomic E-state index is 12.2. The van der Waals surface area contributed by atoms with E-state index in [4.69, 9.17) is 5.11 Å². The standard InChI is InChI=1S/C14H14N2O3.Na.H/c1-9(2)10-3-4-12-11(7-10)14(19)16(8-15-12)6-5-13(17)18;;/h3-9H,1-2H3,(H,17,18);;/q;+1;-1. The van der Waals surface area contributed by atoms with Crippen LogP contribution in [-0.2, 0) is 4.79 Å². The maximum Gasteiger partial charge on any atom is 1.00 e. The Labute approximate surface area is 139 Å². The number of fused-ring (bicyclic) bond motifs is 1. The molecule has 0 spiro atoms. The largest absolute Gasteiger partial charge is 1.00 e. The van der Waals surface area contributed by atoms with Gasteiger partial charge < -0.3 is 6.53 Å². The van der Waals surface area contributed by atoms with Crippen molar-refractivity contribution in [3.05, 3.63) is 46.5 Å². The Kier molecular flexibility index (Phi) is 5.68. The SMILES string of the molecule is CC(C)c1ccc2ncn(C=CC(=O)O)c(=O)c2c1.[H-].[Na+]. The fourth-order valence-corrected chi connectivity index (χ4v) is 1.76. The van der Waals surface area contributed by atoms with Gasteiger partial charge in [-0.15, -0.1) is 0 Å². The van der Waals surface area contributed by atoms with E-state index in [1.165, 1.54) is 17.1 Å². The number of carbonyl (C=O) groups is 1. The van der Waals surface area contributed by atoms with Crippen LogP contribution in [0.25, 0.3) is 17.1 Å². The maximum atomic E-state index is 12.2. The van der Waals surface area contributed by atoms with Crippen LogP contribution in [0.2, 0.25) is 0 Å². The number of hydrogen-bond donors (Lipinski definition) is 1. The van der Waals surface area contributed by atoms with Gasteiger partial charge in [0.15, 0.2) is 0 Å². The Morgan fingerprint density at radius 3 is 2.75 bits per heavy atom. The summed E-state index contributed by atoms with van der Waals surface area (Å²) in [5.41, 5.74) is 1.38. The Balaban J connectivity index is 0.00000200. The smallest absolute Gasteiger partial charge is 1.00 e. The van der Waals surface area contributed by atoms with Crippen molar-refractivity contribution >= 4 is 23.1 Å². The first kappa shape index (κ1) is 16.6. The molecule has 0 bridgehead atoms. The minimum Gasteiger partial charge on any atom is -1.00 e. The quantitative estimate of drug-likeness (QED) is 0.590. The van der Waals surface area contributed by atoms with Crippen molar-refractivity contribution in [3.8, 4) is 0 Å². The van der Waals surface area contributed by atoms with E-state index in [1.54, 1.807) is 12.1 Å². The zero-order chi connectivity index (χ0) is 14.0. The molecular formula is C14H15N2NaO3. The van der Waals surface area contributed by atoms with Gasteiger partial charge in [0, 0.05) is 12.3 Å². The molecule has 1 aromatic carbocycles. The third-order valence-corrected chi connectivity index (χ3v) is 2.85. The zero-order valence-corrected chi connectivity index (χ0v) is 13.7. The number of carboxylic acid groups (broad SMARTS) is 1. The van der Waals surface area contributed by atoms with Gasteiger partial charge in [0.25, 0.3) is 5.56 Å². The van der Waals surface area contributed by atoms with E-state index in [9.17, 15) is 9.59 Å². The van der Waals surface area contributed by atoms with Crippen LogP contribution in [0.3, 0.4) is 0 Å². The van der Waals surface area contributed by atoms with Crippen molar-refractivity contribution in [3.63, 3.8) is 0 Å². The summed E-state index contributed by atoms with van der Waals surface area (Å²) in [6.45, 7) is 4.08. The van der Waals surface area contributed by atoms with Crippen LogP contribution in [-0.4, -0.2) is 20.6 Å². The van der Waals surface area contributed by atoms with Crippen LogP contribution in [0.15, 0.2) is 35.4 Å². The van der Waals surface area contributed by atoms with Crippen molar-refractivity contribution in [1.82, 2.24) is 9.55 Å². The Bertz CT molecular complexity index is 726. The minimum absolute atomic E-state index is 0. The minimum atomic E-state index is -1.11. The summed E-state index contributed by atoms with van der Waals surface area (Å²) in [5, 5.41) is 9.06. The van der Waals surface area contributed by atoms with Gasteiger partial charge in [0.2, 0.25) is 0 Å². The predicted octanol–water partition coefficient (Wildman–Crippen LogP) is -0.808. The van der Waals surface area contributed by atoms with E-state index in [-0.39, 0.29) is 36.5 Å². The van der Waals surface area contributed by atoms with Crippen molar-refractivity contribution in [2.45, 2.75) is 19.8 Å². The average Bonchev–Trinajstić information content (AvgIpc) is 2.37. The molecule has 0 amide bonds. The molecule has 0 fully saturated rings. The van der Waals surface area contributed by atoms with Gasteiger partial charge in [-0.05, 0) is 23.6 Å². The molecule has 0 unspecified atom stereocenters. The second-order valence-corrected chi connectivity index (χ2v) is 4.54. The van der Waals surface area contributed by atoms with Crippen molar-refractivity contribution < 1.29 is 40.9 Å². The fourth-order valence-electron chi connectivity index (χ4n) is 1.76. The van der Waals surface area contributed by atoms with E-state index >= 15 is 0 Å². The molecule has 0 aliphatic heterocycles. The third-order valence-electron chi connectivity index (χ3n) is 2.85. The van der Waals surface area contributed by atoms with E-state index in [0.29, 0.717) is 16.8 Å². The van der Waals surface area contributed by atoms with Crippen LogP contribution in [0.5, 0.6) is 0 Å². The Morgan fingerprint density at radius 1 is 1.45 bits per heavy atom. The molecule has 2 aromatic rings. The molecule has 0 aliphatic carbocycles. The first-order chi connectivity index (χ1) is 8.99. The molecule has 1 aromatic heterocycles. The van der Waals surface area contributed by atoms with Crippen LogP contribution in [0.1, 0.15) is 26.8 Å². The number of aromatic nitrogens is 2. The molecule has 6 heteroatoms. The van der Waals surface area contributed by atoms with E-state index in [0.717, 1.165) is 11.6 Å². The second kappa shape index (κ2) is 6.83. The molecule has 0 saturated heterocycles. The first-order valence-electron chi connectivity index (χ1n) is 5.91. The van der Waals surface area contributed by atoms with Crippen molar-refractivity contribution in [2.24, 2.45) is 0 Å². The number of nitrogens with zero attached hydrogens (tertiary/aromatic N) is 2. The van der Waals surface area contributed by atoms with E-state index in [2.05, 4.69) is 4.98 Å². The van der Waals surface area contributed by atoms with Gasteiger partial charge in [-0.2, -0.15) is 0 Å². The molecule has 1 heterocycles. The van der Waals surface area contributed by atoms with Crippen LogP contribution >= 0.6 is 0 Å². The normalized spacial score (nSPS) is 10.9. The predicted molar refractivity (Wildman–Crippen MR) is 74.2 cm³/mol. The molecule has 0 radical (unpaired) electrons. The van der Waals surface area contributed by atoms with Gasteiger partial charge in [0.05, 0.1) is 10.9 Å². The molecule has 0 aliphatic rings. The van der Waals surface area contributed by atoms with Crippen molar-refractivity contribution in [2.75, 3.05) is 0 Å². The summed E-state index contributed by atoms with van der Waals surface area (Å²) in [6, 6.07) is 5.55. The van der Waals surface area contributed by atoms with E-state index in [1.807, 2.05) is 19.9 Å². The summed E-state index contributed by atoms with van der Waals surface area (Å²) >= 11 is 0. The van der Waals surface area contributed by atoms with Gasteiger partial charge in [-0.1, -0.05) is 19.9 Å². The molecular weight excluding hydrogens is 267 g/mol. The molecule has 0 atom stereocenters. The molecule has 100 valence electrons. The van der Waals surface area contributed by atoms with Crippen LogP contribution in [0, 0.1) is 0 Å². The molecule has 20 heavy (non-hydrogen) atoms. The molecule has 0 saturated carbocycles. The van der Waals surface area contributed by atoms with Gasteiger partial charge in [0.1, 0.15) is 6.33 Å². The molecule has 2 rings (SSSR count).